The van der Waals surface area contributed by atoms with Gasteiger partial charge >= 0.3 is 23.2 Å². The van der Waals surface area contributed by atoms with Crippen molar-refractivity contribution in [2.24, 2.45) is 0 Å². The predicted octanol–water partition coefficient (Wildman–Crippen LogP) is 1.28. The minimum atomic E-state index is -1.06. The van der Waals surface area contributed by atoms with Gasteiger partial charge < -0.3 is 14.8 Å². The van der Waals surface area contributed by atoms with Gasteiger partial charge in [0.15, 0.2) is 0 Å². The van der Waals surface area contributed by atoms with E-state index in [0.29, 0.717) is 11.3 Å². The number of aromatic nitrogens is 1. The zero-order valence-corrected chi connectivity index (χ0v) is 15.8. The van der Waals surface area contributed by atoms with E-state index in [2.05, 4.69) is 14.8 Å². The second-order valence-corrected chi connectivity index (χ2v) is 5.87. The van der Waals surface area contributed by atoms with Crippen LogP contribution in [0.5, 0.6) is 0 Å². The first kappa shape index (κ1) is 21.3. The lowest BCUT2D eigenvalue weighted by Crippen LogP contribution is -2.29. The number of carbonyl (C=O) groups is 3. The standard InChI is InChI=1S/C18H17N3O8/c1-10-4-5-11(17(24)28-2)6-13(10)19-15(22)9-20-8-12(18(25)29-3)7-14(16(20)23)21(26)27/h4-8H,9H2,1-3H3,(H,19,22). The van der Waals surface area contributed by atoms with Crippen molar-refractivity contribution in [3.05, 3.63) is 67.6 Å². The van der Waals surface area contributed by atoms with Crippen LogP contribution in [0.2, 0.25) is 0 Å². The van der Waals surface area contributed by atoms with Crippen molar-refractivity contribution in [2.75, 3.05) is 19.5 Å². The highest BCUT2D eigenvalue weighted by Crippen LogP contribution is 2.18. The minimum Gasteiger partial charge on any atom is -0.465 e. The fraction of sp³-hybridized carbons (Fsp3) is 0.222. The Kier molecular flexibility index (Phi) is 6.44. The molecule has 0 atom stereocenters. The van der Waals surface area contributed by atoms with E-state index in [-0.39, 0.29) is 11.1 Å². The summed E-state index contributed by atoms with van der Waals surface area (Å²) in [5.74, 6) is -2.20. The molecule has 0 fully saturated rings. The van der Waals surface area contributed by atoms with E-state index >= 15 is 0 Å². The van der Waals surface area contributed by atoms with E-state index in [1.165, 1.54) is 19.2 Å². The summed E-state index contributed by atoms with van der Waals surface area (Å²) in [6.45, 7) is 1.08. The molecule has 152 valence electrons. The largest absolute Gasteiger partial charge is 0.465 e. The van der Waals surface area contributed by atoms with E-state index in [9.17, 15) is 29.3 Å². The summed E-state index contributed by atoms with van der Waals surface area (Å²) in [7, 11) is 2.29. The van der Waals surface area contributed by atoms with E-state index in [1.807, 2.05) is 0 Å². The number of ether oxygens (including phenoxy) is 2. The molecule has 1 N–H and O–H groups in total. The van der Waals surface area contributed by atoms with Crippen LogP contribution < -0.4 is 10.9 Å². The number of hydrogen-bond acceptors (Lipinski definition) is 8. The van der Waals surface area contributed by atoms with Gasteiger partial charge in [0.1, 0.15) is 6.54 Å². The van der Waals surface area contributed by atoms with Gasteiger partial charge in [-0.05, 0) is 24.6 Å². The van der Waals surface area contributed by atoms with Gasteiger partial charge in [0.2, 0.25) is 5.91 Å². The first-order valence-electron chi connectivity index (χ1n) is 8.14. The molecule has 2 rings (SSSR count). The molecule has 0 aliphatic carbocycles. The van der Waals surface area contributed by atoms with Crippen molar-refractivity contribution >= 4 is 29.2 Å². The number of aryl methyl sites for hydroxylation is 1. The molecule has 2 aromatic rings. The van der Waals surface area contributed by atoms with Crippen molar-refractivity contribution < 1.29 is 28.8 Å². The monoisotopic (exact) mass is 403 g/mol. The molecule has 0 bridgehead atoms. The van der Waals surface area contributed by atoms with Crippen molar-refractivity contribution in [2.45, 2.75) is 13.5 Å². The number of nitrogens with zero attached hydrogens (tertiary/aromatic N) is 2. The Bertz CT molecular complexity index is 1060. The summed E-state index contributed by atoms with van der Waals surface area (Å²) >= 11 is 0. The van der Waals surface area contributed by atoms with Gasteiger partial charge in [-0.1, -0.05) is 6.07 Å². The maximum absolute atomic E-state index is 12.4. The number of amides is 1. The van der Waals surface area contributed by atoms with Crippen LogP contribution >= 0.6 is 0 Å². The van der Waals surface area contributed by atoms with Crippen molar-refractivity contribution in [3.8, 4) is 0 Å². The van der Waals surface area contributed by atoms with Gasteiger partial charge in [-0.15, -0.1) is 0 Å². The fourth-order valence-electron chi connectivity index (χ4n) is 2.44. The number of carbonyl (C=O) groups excluding carboxylic acids is 3. The molecular weight excluding hydrogens is 386 g/mol. The Morgan fingerprint density at radius 3 is 2.31 bits per heavy atom. The van der Waals surface area contributed by atoms with Gasteiger partial charge in [-0.2, -0.15) is 0 Å². The van der Waals surface area contributed by atoms with E-state index in [0.717, 1.165) is 23.9 Å². The summed E-state index contributed by atoms with van der Waals surface area (Å²) in [5, 5.41) is 13.6. The Morgan fingerprint density at radius 1 is 1.10 bits per heavy atom. The maximum Gasteiger partial charge on any atom is 0.339 e. The Morgan fingerprint density at radius 2 is 1.72 bits per heavy atom. The fourth-order valence-corrected chi connectivity index (χ4v) is 2.44. The Hall–Kier alpha value is -4.02. The second kappa shape index (κ2) is 8.78. The summed E-state index contributed by atoms with van der Waals surface area (Å²) < 4.78 is 9.87. The zero-order valence-electron chi connectivity index (χ0n) is 15.8. The highest BCUT2D eigenvalue weighted by Gasteiger charge is 2.21. The predicted molar refractivity (Wildman–Crippen MR) is 99.8 cm³/mol. The van der Waals surface area contributed by atoms with Crippen LogP contribution in [-0.2, 0) is 20.8 Å². The highest BCUT2D eigenvalue weighted by atomic mass is 16.6. The third-order valence-corrected chi connectivity index (χ3v) is 3.93. The van der Waals surface area contributed by atoms with Gasteiger partial charge in [0.05, 0.1) is 30.3 Å². The molecule has 1 heterocycles. The van der Waals surface area contributed by atoms with Crippen LogP contribution in [0.15, 0.2) is 35.3 Å². The van der Waals surface area contributed by atoms with Gasteiger partial charge in [0, 0.05) is 18.0 Å². The van der Waals surface area contributed by atoms with Crippen LogP contribution in [-0.4, -0.2) is 41.6 Å². The van der Waals surface area contributed by atoms with Crippen LogP contribution in [0.1, 0.15) is 26.3 Å². The van der Waals surface area contributed by atoms with Gasteiger partial charge in [-0.25, -0.2) is 9.59 Å². The molecule has 11 nitrogen and oxygen atoms in total. The molecule has 29 heavy (non-hydrogen) atoms. The third-order valence-electron chi connectivity index (χ3n) is 3.93. The molecule has 1 aromatic heterocycles. The number of nitrogens with one attached hydrogen (secondary N) is 1. The van der Waals surface area contributed by atoms with Crippen LogP contribution in [0.3, 0.4) is 0 Å². The normalized spacial score (nSPS) is 10.2. The molecule has 0 unspecified atom stereocenters. The average Bonchev–Trinajstić information content (AvgIpc) is 2.69. The summed E-state index contributed by atoms with van der Waals surface area (Å²) in [5.41, 5.74) is -1.05. The third kappa shape index (κ3) is 4.83. The Balaban J connectivity index is 2.35. The molecule has 0 saturated heterocycles. The molecule has 0 saturated carbocycles. The van der Waals surface area contributed by atoms with Gasteiger partial charge in [0.25, 0.3) is 0 Å². The lowest BCUT2D eigenvalue weighted by atomic mass is 10.1. The van der Waals surface area contributed by atoms with Crippen LogP contribution in [0.4, 0.5) is 11.4 Å². The first-order valence-corrected chi connectivity index (χ1v) is 8.14. The van der Waals surface area contributed by atoms with Crippen LogP contribution in [0.25, 0.3) is 0 Å². The van der Waals surface area contributed by atoms with Crippen molar-refractivity contribution in [3.63, 3.8) is 0 Å². The molecule has 0 radical (unpaired) electrons. The number of nitro groups is 1. The number of methoxy groups -OCH3 is 2. The molecule has 0 aliphatic rings. The quantitative estimate of drug-likeness (QED) is 0.431. The Labute approximate surface area is 164 Å². The van der Waals surface area contributed by atoms with Crippen molar-refractivity contribution in [1.29, 1.82) is 0 Å². The lowest BCUT2D eigenvalue weighted by Gasteiger charge is -2.11. The topological polar surface area (TPSA) is 147 Å². The highest BCUT2D eigenvalue weighted by molar-refractivity contribution is 5.95. The number of pyridine rings is 1. The van der Waals surface area contributed by atoms with E-state index < -0.39 is 40.6 Å². The van der Waals surface area contributed by atoms with Crippen LogP contribution in [0, 0.1) is 17.0 Å². The number of rotatable bonds is 6. The molecule has 0 spiro atoms. The maximum atomic E-state index is 12.4. The summed E-state index contributed by atoms with van der Waals surface area (Å²) in [6.07, 6.45) is 0.998. The SMILES string of the molecule is COC(=O)c1ccc(C)c(NC(=O)Cn2cc(C(=O)OC)cc([N+](=O)[O-])c2=O)c1. The summed E-state index contributed by atoms with van der Waals surface area (Å²) in [4.78, 5) is 58.1. The van der Waals surface area contributed by atoms with Crippen molar-refractivity contribution in [1.82, 2.24) is 4.57 Å². The molecule has 1 amide bonds. The molecule has 0 aliphatic heterocycles. The number of anilines is 1. The molecular formula is C18H17N3O8. The minimum absolute atomic E-state index is 0.203. The molecule has 11 heteroatoms. The average molecular weight is 403 g/mol. The van der Waals surface area contributed by atoms with E-state index in [1.54, 1.807) is 13.0 Å². The number of esters is 2. The number of hydrogen-bond donors (Lipinski definition) is 1. The van der Waals surface area contributed by atoms with E-state index in [4.69, 9.17) is 0 Å². The first-order chi connectivity index (χ1) is 13.7. The second-order valence-electron chi connectivity index (χ2n) is 5.87. The zero-order chi connectivity index (χ0) is 21.7. The molecule has 1 aromatic carbocycles. The summed E-state index contributed by atoms with van der Waals surface area (Å²) in [6, 6.07) is 5.29. The smallest absolute Gasteiger partial charge is 0.339 e. The van der Waals surface area contributed by atoms with Gasteiger partial charge in [-0.3, -0.25) is 24.3 Å². The number of benzene rings is 1. The lowest BCUT2D eigenvalue weighted by molar-refractivity contribution is -0.386.